The molecule has 30 heavy (non-hydrogen) atoms. The second-order valence-corrected chi connectivity index (χ2v) is 6.32. The number of halogens is 3. The number of unbranched alkanes of at least 4 members (excludes halogenated alkanes) is 1. The third-order valence-corrected chi connectivity index (χ3v) is 4.03. The molecule has 0 aliphatic rings. The van der Waals surface area contributed by atoms with Crippen LogP contribution in [0.25, 0.3) is 10.8 Å². The molecule has 0 fully saturated rings. The second kappa shape index (κ2) is 8.89. The van der Waals surface area contributed by atoms with Gasteiger partial charge >= 0.3 is 12.3 Å². The van der Waals surface area contributed by atoms with Crippen molar-refractivity contribution in [2.75, 3.05) is 6.61 Å². The zero-order valence-corrected chi connectivity index (χ0v) is 15.9. The molecular formula is C21H18F3NO5. The summed E-state index contributed by atoms with van der Waals surface area (Å²) in [5.41, 5.74) is -0.190. The van der Waals surface area contributed by atoms with Crippen LogP contribution in [-0.2, 0) is 4.74 Å². The molecule has 0 atom stereocenters. The van der Waals surface area contributed by atoms with E-state index in [1.807, 2.05) is 6.92 Å². The van der Waals surface area contributed by atoms with Crippen molar-refractivity contribution in [3.05, 3.63) is 54.4 Å². The van der Waals surface area contributed by atoms with Gasteiger partial charge in [-0.1, -0.05) is 19.4 Å². The summed E-state index contributed by atoms with van der Waals surface area (Å²) in [6.45, 7) is 2.19. The van der Waals surface area contributed by atoms with Crippen molar-refractivity contribution < 1.29 is 37.3 Å². The number of esters is 1. The van der Waals surface area contributed by atoms with Crippen LogP contribution in [0.15, 0.2) is 48.7 Å². The first-order valence-electron chi connectivity index (χ1n) is 9.09. The van der Waals surface area contributed by atoms with E-state index in [0.29, 0.717) is 22.9 Å². The van der Waals surface area contributed by atoms with Crippen LogP contribution in [0, 0.1) is 0 Å². The van der Waals surface area contributed by atoms with Gasteiger partial charge in [0.2, 0.25) is 0 Å². The summed E-state index contributed by atoms with van der Waals surface area (Å²) in [4.78, 5) is 16.0. The molecule has 1 heterocycles. The number of aromatic hydroxyl groups is 1. The van der Waals surface area contributed by atoms with E-state index in [1.54, 1.807) is 0 Å². The number of carbonyl (C=O) groups is 1. The number of hydrogen-bond acceptors (Lipinski definition) is 6. The number of pyridine rings is 1. The Kier molecular flexibility index (Phi) is 6.29. The first-order valence-corrected chi connectivity index (χ1v) is 9.09. The predicted octanol–water partition coefficient (Wildman–Crippen LogP) is 5.59. The van der Waals surface area contributed by atoms with E-state index in [4.69, 9.17) is 9.47 Å². The summed E-state index contributed by atoms with van der Waals surface area (Å²) in [5.74, 6) is -1.02. The Labute approximate surface area is 169 Å². The fraction of sp³-hybridized carbons (Fsp3) is 0.238. The van der Waals surface area contributed by atoms with E-state index < -0.39 is 18.1 Å². The lowest BCUT2D eigenvalue weighted by Gasteiger charge is -2.12. The number of alkyl halides is 3. The first kappa shape index (κ1) is 21.2. The number of carbonyl (C=O) groups excluding carboxylic acids is 1. The van der Waals surface area contributed by atoms with Crippen LogP contribution in [0.3, 0.4) is 0 Å². The quantitative estimate of drug-likeness (QED) is 0.396. The number of ether oxygens (including phenoxy) is 3. The van der Waals surface area contributed by atoms with Crippen LogP contribution < -0.4 is 9.47 Å². The Bertz CT molecular complexity index is 1050. The van der Waals surface area contributed by atoms with Crippen molar-refractivity contribution >= 4 is 16.7 Å². The molecule has 3 aromatic rings. The lowest BCUT2D eigenvalue weighted by Crippen LogP contribution is -2.16. The van der Waals surface area contributed by atoms with Crippen LogP contribution in [0.1, 0.15) is 30.3 Å². The number of rotatable bonds is 7. The van der Waals surface area contributed by atoms with Gasteiger partial charge in [-0.05, 0) is 36.8 Å². The summed E-state index contributed by atoms with van der Waals surface area (Å²) in [6.07, 6.45) is -1.86. The van der Waals surface area contributed by atoms with Crippen molar-refractivity contribution in [2.24, 2.45) is 0 Å². The highest BCUT2D eigenvalue weighted by Crippen LogP contribution is 2.33. The molecule has 158 valence electrons. The van der Waals surface area contributed by atoms with Crippen molar-refractivity contribution in [3.63, 3.8) is 0 Å². The highest BCUT2D eigenvalue weighted by Gasteiger charge is 2.31. The molecule has 0 saturated heterocycles. The van der Waals surface area contributed by atoms with E-state index in [-0.39, 0.29) is 23.8 Å². The van der Waals surface area contributed by atoms with Crippen molar-refractivity contribution in [2.45, 2.75) is 26.1 Å². The average molecular weight is 421 g/mol. The van der Waals surface area contributed by atoms with Crippen LogP contribution in [0.2, 0.25) is 0 Å². The largest absolute Gasteiger partial charge is 0.573 e. The van der Waals surface area contributed by atoms with E-state index in [0.717, 1.165) is 18.6 Å². The third-order valence-electron chi connectivity index (χ3n) is 4.03. The van der Waals surface area contributed by atoms with Crippen LogP contribution in [0.5, 0.6) is 23.0 Å². The number of fused-ring (bicyclic) bond motifs is 1. The van der Waals surface area contributed by atoms with Crippen molar-refractivity contribution in [1.29, 1.82) is 0 Å². The van der Waals surface area contributed by atoms with Gasteiger partial charge in [-0.3, -0.25) is 0 Å². The molecular weight excluding hydrogens is 403 g/mol. The number of benzene rings is 2. The molecule has 6 nitrogen and oxygen atoms in total. The highest BCUT2D eigenvalue weighted by atomic mass is 19.4. The van der Waals surface area contributed by atoms with Gasteiger partial charge in [-0.25, -0.2) is 9.78 Å². The van der Waals surface area contributed by atoms with Crippen molar-refractivity contribution in [3.8, 4) is 23.0 Å². The zero-order valence-electron chi connectivity index (χ0n) is 15.9. The molecule has 0 spiro atoms. The Hall–Kier alpha value is -3.49. The number of hydrogen-bond donors (Lipinski definition) is 1. The van der Waals surface area contributed by atoms with Gasteiger partial charge in [0.25, 0.3) is 0 Å². The maximum Gasteiger partial charge on any atom is 0.573 e. The molecule has 0 bridgehead atoms. The molecule has 3 rings (SSSR count). The van der Waals surface area contributed by atoms with Gasteiger partial charge in [0.05, 0.1) is 6.61 Å². The Balaban J connectivity index is 1.80. The van der Waals surface area contributed by atoms with E-state index in [9.17, 15) is 23.1 Å². The normalized spacial score (nSPS) is 11.3. The molecule has 0 amide bonds. The monoisotopic (exact) mass is 421 g/mol. The highest BCUT2D eigenvalue weighted by molar-refractivity contribution is 5.99. The van der Waals surface area contributed by atoms with Crippen LogP contribution >= 0.6 is 0 Å². The second-order valence-electron chi connectivity index (χ2n) is 6.32. The molecule has 0 radical (unpaired) electrons. The first-order chi connectivity index (χ1) is 14.3. The summed E-state index contributed by atoms with van der Waals surface area (Å²) >= 11 is 0. The maximum absolute atomic E-state index is 12.4. The minimum absolute atomic E-state index is 0.129. The summed E-state index contributed by atoms with van der Waals surface area (Å²) < 4.78 is 51.6. The Morgan fingerprint density at radius 3 is 2.57 bits per heavy atom. The predicted molar refractivity (Wildman–Crippen MR) is 102 cm³/mol. The minimum Gasteiger partial charge on any atom is -0.505 e. The summed E-state index contributed by atoms with van der Waals surface area (Å²) in [5, 5.41) is 11.2. The molecule has 0 aliphatic carbocycles. The molecule has 1 N–H and O–H groups in total. The standard InChI is InChI=1S/C21H18F3NO5/c1-2-3-9-28-20(27)18-19(26)17-8-7-15(10-13(17)12-25-18)29-14-5-4-6-16(11-14)30-21(22,23)24/h4-8,10-12,26H,2-3,9H2,1H3. The van der Waals surface area contributed by atoms with Gasteiger partial charge < -0.3 is 19.3 Å². The minimum atomic E-state index is -4.81. The summed E-state index contributed by atoms with van der Waals surface area (Å²) in [6, 6.07) is 9.64. The van der Waals surface area contributed by atoms with E-state index in [1.165, 1.54) is 36.5 Å². The lowest BCUT2D eigenvalue weighted by atomic mass is 10.1. The van der Waals surface area contributed by atoms with Gasteiger partial charge in [0, 0.05) is 23.0 Å². The molecule has 9 heteroatoms. The smallest absolute Gasteiger partial charge is 0.505 e. The zero-order chi connectivity index (χ0) is 21.7. The van der Waals surface area contributed by atoms with E-state index in [2.05, 4.69) is 9.72 Å². The van der Waals surface area contributed by atoms with Crippen LogP contribution in [0.4, 0.5) is 13.2 Å². The SMILES string of the molecule is CCCCOC(=O)c1ncc2cc(Oc3cccc(OC(F)(F)F)c3)ccc2c1O. The maximum atomic E-state index is 12.4. The van der Waals surface area contributed by atoms with Crippen LogP contribution in [-0.4, -0.2) is 29.0 Å². The van der Waals surface area contributed by atoms with Gasteiger partial charge in [0.15, 0.2) is 11.4 Å². The molecule has 0 aliphatic heterocycles. The summed E-state index contributed by atoms with van der Waals surface area (Å²) in [7, 11) is 0. The molecule has 2 aromatic carbocycles. The Morgan fingerprint density at radius 2 is 1.83 bits per heavy atom. The lowest BCUT2D eigenvalue weighted by molar-refractivity contribution is -0.274. The fourth-order valence-corrected chi connectivity index (χ4v) is 2.65. The van der Waals surface area contributed by atoms with E-state index >= 15 is 0 Å². The third kappa shape index (κ3) is 5.31. The number of nitrogens with zero attached hydrogens (tertiary/aromatic N) is 1. The number of aromatic nitrogens is 1. The van der Waals surface area contributed by atoms with Gasteiger partial charge in [-0.2, -0.15) is 0 Å². The topological polar surface area (TPSA) is 77.9 Å². The molecule has 1 aromatic heterocycles. The van der Waals surface area contributed by atoms with Gasteiger partial charge in [0.1, 0.15) is 17.2 Å². The fourth-order valence-electron chi connectivity index (χ4n) is 2.65. The van der Waals surface area contributed by atoms with Gasteiger partial charge in [-0.15, -0.1) is 13.2 Å². The molecule has 0 saturated carbocycles. The average Bonchev–Trinajstić information content (AvgIpc) is 2.67. The molecule has 0 unspecified atom stereocenters. The Morgan fingerprint density at radius 1 is 1.10 bits per heavy atom. The van der Waals surface area contributed by atoms with Crippen molar-refractivity contribution in [1.82, 2.24) is 4.98 Å².